The Morgan fingerprint density at radius 3 is 2.52 bits per heavy atom. The van der Waals surface area contributed by atoms with E-state index in [2.05, 4.69) is 16.8 Å². The van der Waals surface area contributed by atoms with Crippen LogP contribution in [0.2, 0.25) is 0 Å². The third-order valence-corrected chi connectivity index (χ3v) is 3.44. The van der Waals surface area contributed by atoms with Crippen LogP contribution in [-0.4, -0.2) is 12.0 Å². The molecule has 0 aliphatic heterocycles. The molecule has 1 aromatic heterocycles. The van der Waals surface area contributed by atoms with Gasteiger partial charge in [-0.2, -0.15) is 5.26 Å². The number of pyridine rings is 1. The van der Waals surface area contributed by atoms with Crippen LogP contribution in [-0.2, 0) is 0 Å². The number of benzene rings is 1. The fourth-order valence-corrected chi connectivity index (χ4v) is 2.02. The molecule has 0 saturated heterocycles. The minimum Gasteiger partial charge on any atom is -0.351 e. The van der Waals surface area contributed by atoms with Crippen LogP contribution in [0.15, 0.2) is 66.1 Å². The lowest BCUT2D eigenvalue weighted by Crippen LogP contribution is -2.08. The maximum Gasteiger partial charge on any atom is 0.126 e. The van der Waals surface area contributed by atoms with Gasteiger partial charge in [0.05, 0.1) is 11.6 Å². The van der Waals surface area contributed by atoms with Crippen LogP contribution in [0.25, 0.3) is 0 Å². The van der Waals surface area contributed by atoms with Crippen molar-refractivity contribution < 1.29 is 4.39 Å². The maximum atomic E-state index is 13.6. The molecule has 0 bridgehead atoms. The highest BCUT2D eigenvalue weighted by molar-refractivity contribution is 5.55. The summed E-state index contributed by atoms with van der Waals surface area (Å²) in [5.41, 5.74) is 3.72. The molecule has 124 valence electrons. The Morgan fingerprint density at radius 2 is 1.88 bits per heavy atom. The summed E-state index contributed by atoms with van der Waals surface area (Å²) in [6.07, 6.45) is 7.08. The number of nitrogens with zero attached hydrogens (tertiary/aromatic N) is 3. The van der Waals surface area contributed by atoms with E-state index in [1.165, 1.54) is 12.1 Å². The molecule has 0 aliphatic carbocycles. The average Bonchev–Trinajstić information content (AvgIpc) is 2.61. The van der Waals surface area contributed by atoms with Gasteiger partial charge in [-0.1, -0.05) is 17.4 Å². The number of halogens is 1. The van der Waals surface area contributed by atoms with Gasteiger partial charge < -0.3 is 4.90 Å². The summed E-state index contributed by atoms with van der Waals surface area (Å²) in [5, 5.41) is 8.95. The zero-order chi connectivity index (χ0) is 18.2. The minimum atomic E-state index is -0.436. The predicted octanol–water partition coefficient (Wildman–Crippen LogP) is 4.43. The largest absolute Gasteiger partial charge is 0.351 e. The van der Waals surface area contributed by atoms with Gasteiger partial charge in [-0.25, -0.2) is 4.39 Å². The molecule has 0 amide bonds. The second kappa shape index (κ2) is 8.47. The molecule has 3 nitrogen and oxygen atoms in total. The highest BCUT2D eigenvalue weighted by atomic mass is 19.1. The van der Waals surface area contributed by atoms with Crippen LogP contribution in [0, 0.1) is 29.0 Å². The molecule has 25 heavy (non-hydrogen) atoms. The number of rotatable bonds is 3. The molecule has 0 saturated carbocycles. The first-order chi connectivity index (χ1) is 12.0. The van der Waals surface area contributed by atoms with Crippen molar-refractivity contribution in [3.8, 4) is 17.9 Å². The van der Waals surface area contributed by atoms with E-state index in [-0.39, 0.29) is 5.56 Å². The molecule has 0 unspecified atom stereocenters. The van der Waals surface area contributed by atoms with E-state index in [1.807, 2.05) is 38.1 Å². The van der Waals surface area contributed by atoms with E-state index in [0.29, 0.717) is 5.69 Å². The molecular weight excluding hydrogens is 313 g/mol. The van der Waals surface area contributed by atoms with E-state index >= 15 is 0 Å². The summed E-state index contributed by atoms with van der Waals surface area (Å²) in [7, 11) is 1.80. The minimum absolute atomic E-state index is 0.287. The second-order valence-electron chi connectivity index (χ2n) is 5.64. The average molecular weight is 331 g/mol. The molecule has 0 radical (unpaired) electrons. The number of hydrogen-bond acceptors (Lipinski definition) is 3. The van der Waals surface area contributed by atoms with Gasteiger partial charge in [-0.15, -0.1) is 0 Å². The number of aromatic nitrogens is 1. The lowest BCUT2D eigenvalue weighted by Gasteiger charge is -2.14. The van der Waals surface area contributed by atoms with Crippen LogP contribution < -0.4 is 4.90 Å². The SMILES string of the molecule is CC(C)=C(C#Cc1ccncc1)/C=C\N(C)c1cc(F)cc(C#N)c1. The summed E-state index contributed by atoms with van der Waals surface area (Å²) < 4.78 is 13.6. The normalized spacial score (nSPS) is 9.88. The summed E-state index contributed by atoms with van der Waals surface area (Å²) in [5.74, 6) is 5.80. The van der Waals surface area contributed by atoms with Crippen molar-refractivity contribution in [3.63, 3.8) is 0 Å². The molecule has 0 spiro atoms. The molecule has 1 aromatic carbocycles. The summed E-state index contributed by atoms with van der Waals surface area (Å²) in [4.78, 5) is 5.72. The van der Waals surface area contributed by atoms with Crippen molar-refractivity contribution in [1.82, 2.24) is 4.98 Å². The van der Waals surface area contributed by atoms with Crippen molar-refractivity contribution in [2.45, 2.75) is 13.8 Å². The monoisotopic (exact) mass is 331 g/mol. The number of nitriles is 1. The first-order valence-corrected chi connectivity index (χ1v) is 7.71. The Balaban J connectivity index is 2.23. The van der Waals surface area contributed by atoms with Gasteiger partial charge in [0.1, 0.15) is 5.82 Å². The standard InChI is InChI=1S/C21H18FN3/c1-16(2)19(5-4-17-6-9-24-10-7-17)8-11-25(3)21-13-18(15-23)12-20(22)14-21/h6-14H,1-3H3/b11-8-. The Bertz CT molecular complexity index is 906. The summed E-state index contributed by atoms with van der Waals surface area (Å²) in [6, 6.07) is 9.89. The molecule has 0 N–H and O–H groups in total. The quantitative estimate of drug-likeness (QED) is 0.617. The van der Waals surface area contributed by atoms with E-state index in [0.717, 1.165) is 16.7 Å². The predicted molar refractivity (Wildman–Crippen MR) is 98.1 cm³/mol. The van der Waals surface area contributed by atoms with Crippen LogP contribution in [0.5, 0.6) is 0 Å². The van der Waals surface area contributed by atoms with Gasteiger partial charge in [0, 0.05) is 42.5 Å². The summed E-state index contributed by atoms with van der Waals surface area (Å²) in [6.45, 7) is 3.97. The van der Waals surface area contributed by atoms with Crippen molar-refractivity contribution in [1.29, 1.82) is 5.26 Å². The molecule has 0 fully saturated rings. The second-order valence-corrected chi connectivity index (χ2v) is 5.64. The van der Waals surface area contributed by atoms with Gasteiger partial charge in [0.2, 0.25) is 0 Å². The Morgan fingerprint density at radius 1 is 1.16 bits per heavy atom. The van der Waals surface area contributed by atoms with Crippen molar-refractivity contribution in [2.24, 2.45) is 0 Å². The number of anilines is 1. The fourth-order valence-electron chi connectivity index (χ4n) is 2.02. The molecular formula is C21H18FN3. The lowest BCUT2D eigenvalue weighted by atomic mass is 10.1. The third-order valence-electron chi connectivity index (χ3n) is 3.44. The van der Waals surface area contributed by atoms with Gasteiger partial charge in [0.25, 0.3) is 0 Å². The van der Waals surface area contributed by atoms with E-state index in [1.54, 1.807) is 36.6 Å². The zero-order valence-electron chi connectivity index (χ0n) is 14.4. The van der Waals surface area contributed by atoms with Crippen molar-refractivity contribution in [2.75, 3.05) is 11.9 Å². The third kappa shape index (κ3) is 5.34. The highest BCUT2D eigenvalue weighted by Gasteiger charge is 2.03. The Labute approximate surface area is 147 Å². The zero-order valence-corrected chi connectivity index (χ0v) is 14.4. The molecule has 0 aliphatic rings. The van der Waals surface area contributed by atoms with Gasteiger partial charge in [-0.3, -0.25) is 4.98 Å². The first kappa shape index (κ1) is 18.0. The van der Waals surface area contributed by atoms with Crippen LogP contribution in [0.1, 0.15) is 25.0 Å². The molecule has 1 heterocycles. The first-order valence-electron chi connectivity index (χ1n) is 7.71. The smallest absolute Gasteiger partial charge is 0.126 e. The van der Waals surface area contributed by atoms with Crippen LogP contribution >= 0.6 is 0 Å². The van der Waals surface area contributed by atoms with E-state index < -0.39 is 5.82 Å². The molecule has 2 aromatic rings. The molecule has 0 atom stereocenters. The van der Waals surface area contributed by atoms with Gasteiger partial charge >= 0.3 is 0 Å². The maximum absolute atomic E-state index is 13.6. The van der Waals surface area contributed by atoms with Gasteiger partial charge in [0.15, 0.2) is 0 Å². The van der Waals surface area contributed by atoms with Crippen LogP contribution in [0.3, 0.4) is 0 Å². The Kier molecular flexibility index (Phi) is 6.09. The highest BCUT2D eigenvalue weighted by Crippen LogP contribution is 2.18. The van der Waals surface area contributed by atoms with E-state index in [9.17, 15) is 4.39 Å². The number of allylic oxidation sites excluding steroid dienone is 3. The van der Waals surface area contributed by atoms with Gasteiger partial charge in [-0.05, 0) is 50.3 Å². The molecule has 4 heteroatoms. The van der Waals surface area contributed by atoms with Crippen LogP contribution in [0.4, 0.5) is 10.1 Å². The van der Waals surface area contributed by atoms with E-state index in [4.69, 9.17) is 5.26 Å². The Hall–Kier alpha value is -3.37. The van der Waals surface area contributed by atoms with Crippen molar-refractivity contribution >= 4 is 5.69 Å². The topological polar surface area (TPSA) is 39.9 Å². The number of hydrogen-bond donors (Lipinski definition) is 0. The lowest BCUT2D eigenvalue weighted by molar-refractivity contribution is 0.627. The van der Waals surface area contributed by atoms with Crippen molar-refractivity contribution in [3.05, 3.63) is 83.1 Å². The fraction of sp³-hybridized carbons (Fsp3) is 0.143. The summed E-state index contributed by atoms with van der Waals surface area (Å²) >= 11 is 0. The molecule has 2 rings (SSSR count).